The molecule has 6 heteroatoms. The zero-order valence-electron chi connectivity index (χ0n) is 15.4. The highest BCUT2D eigenvalue weighted by Crippen LogP contribution is 2.27. The van der Waals surface area contributed by atoms with Gasteiger partial charge >= 0.3 is 5.97 Å². The van der Waals surface area contributed by atoms with Crippen LogP contribution in [0.25, 0.3) is 0 Å². The highest BCUT2D eigenvalue weighted by atomic mass is 32.1. The summed E-state index contributed by atoms with van der Waals surface area (Å²) in [5.41, 5.74) is 2.08. The number of hydrogen-bond donors (Lipinski definition) is 1. The molecule has 1 aromatic carbocycles. The fourth-order valence-corrected chi connectivity index (χ4v) is 3.66. The van der Waals surface area contributed by atoms with Gasteiger partial charge in [0.1, 0.15) is 5.75 Å². The Bertz CT molecular complexity index is 669. The molecule has 2 aromatic rings. The minimum absolute atomic E-state index is 0.0207. The number of thiazole rings is 1. The van der Waals surface area contributed by atoms with Crippen molar-refractivity contribution in [2.45, 2.75) is 44.9 Å². The molecule has 5 nitrogen and oxygen atoms in total. The Morgan fingerprint density at radius 1 is 1.27 bits per heavy atom. The number of carbonyl (C=O) groups excluding carboxylic acids is 1. The molecule has 1 aromatic heterocycles. The smallest absolute Gasteiger partial charge is 0.306 e. The molecule has 1 N–H and O–H groups in total. The minimum Gasteiger partial charge on any atom is -0.497 e. The van der Waals surface area contributed by atoms with Gasteiger partial charge in [0.15, 0.2) is 0 Å². The van der Waals surface area contributed by atoms with Crippen LogP contribution in [-0.4, -0.2) is 36.4 Å². The molecule has 1 heterocycles. The van der Waals surface area contributed by atoms with E-state index in [0.717, 1.165) is 41.3 Å². The van der Waals surface area contributed by atoms with E-state index in [0.29, 0.717) is 19.4 Å². The maximum atomic E-state index is 12.0. The van der Waals surface area contributed by atoms with E-state index in [-0.39, 0.29) is 18.5 Å². The molecule has 0 aliphatic carbocycles. The number of aryl methyl sites for hydroxylation is 1. The molecule has 2 rings (SSSR count). The van der Waals surface area contributed by atoms with E-state index >= 15 is 0 Å². The van der Waals surface area contributed by atoms with Gasteiger partial charge < -0.3 is 14.6 Å². The van der Waals surface area contributed by atoms with Gasteiger partial charge in [-0.15, -0.1) is 11.3 Å². The summed E-state index contributed by atoms with van der Waals surface area (Å²) >= 11 is 1.64. The van der Waals surface area contributed by atoms with Crippen LogP contribution in [-0.2, 0) is 22.4 Å². The molecule has 0 saturated heterocycles. The fourth-order valence-electron chi connectivity index (χ4n) is 2.80. The summed E-state index contributed by atoms with van der Waals surface area (Å²) in [5, 5.41) is 12.0. The number of carbonyl (C=O) groups is 1. The molecular weight excluding hydrogens is 350 g/mol. The number of methoxy groups -OCH3 is 1. The highest BCUT2D eigenvalue weighted by Gasteiger charge is 2.19. The summed E-state index contributed by atoms with van der Waals surface area (Å²) < 4.78 is 10.4. The first-order valence-corrected chi connectivity index (χ1v) is 9.88. The lowest BCUT2D eigenvalue weighted by Crippen LogP contribution is -2.13. The van der Waals surface area contributed by atoms with Gasteiger partial charge in [-0.2, -0.15) is 0 Å². The molecule has 26 heavy (non-hydrogen) atoms. The number of aliphatic hydroxyl groups excluding tert-OH is 1. The van der Waals surface area contributed by atoms with E-state index in [1.807, 2.05) is 31.2 Å². The van der Waals surface area contributed by atoms with E-state index in [2.05, 4.69) is 5.38 Å². The summed E-state index contributed by atoms with van der Waals surface area (Å²) in [7, 11) is 1.64. The second-order valence-corrected chi connectivity index (χ2v) is 7.04. The van der Waals surface area contributed by atoms with Gasteiger partial charge in [-0.25, -0.2) is 4.98 Å². The maximum absolute atomic E-state index is 12.0. The Morgan fingerprint density at radius 3 is 2.69 bits per heavy atom. The predicted octanol–water partition coefficient (Wildman–Crippen LogP) is 3.75. The van der Waals surface area contributed by atoms with Crippen LogP contribution >= 0.6 is 11.3 Å². The van der Waals surface area contributed by atoms with Gasteiger partial charge in [0.2, 0.25) is 0 Å². The third-order valence-corrected chi connectivity index (χ3v) is 5.12. The number of esters is 1. The van der Waals surface area contributed by atoms with E-state index < -0.39 is 0 Å². The van der Waals surface area contributed by atoms with Gasteiger partial charge in [0.05, 0.1) is 30.8 Å². The second-order valence-electron chi connectivity index (χ2n) is 6.10. The molecule has 0 aliphatic rings. The van der Waals surface area contributed by atoms with Crippen molar-refractivity contribution in [3.8, 4) is 5.75 Å². The SMILES string of the molecule is CCOC(=O)CC(Cc1csc(CCCCO)n1)c1ccc(OC)cc1. The monoisotopic (exact) mass is 377 g/mol. The zero-order chi connectivity index (χ0) is 18.8. The first-order valence-electron chi connectivity index (χ1n) is 9.00. The molecule has 0 fully saturated rings. The van der Waals surface area contributed by atoms with Crippen molar-refractivity contribution in [1.82, 2.24) is 4.98 Å². The molecule has 0 bridgehead atoms. The number of hydrogen-bond acceptors (Lipinski definition) is 6. The van der Waals surface area contributed by atoms with Crippen molar-refractivity contribution >= 4 is 17.3 Å². The van der Waals surface area contributed by atoms with Gasteiger partial charge in [-0.3, -0.25) is 4.79 Å². The van der Waals surface area contributed by atoms with Gasteiger partial charge in [0.25, 0.3) is 0 Å². The number of unbranched alkanes of at least 4 members (excludes halogenated alkanes) is 1. The molecular formula is C20H27NO4S. The first-order chi connectivity index (χ1) is 12.7. The second kappa shape index (κ2) is 10.9. The largest absolute Gasteiger partial charge is 0.497 e. The van der Waals surface area contributed by atoms with Crippen LogP contribution in [0, 0.1) is 0 Å². The molecule has 0 saturated carbocycles. The molecule has 1 unspecified atom stereocenters. The summed E-state index contributed by atoms with van der Waals surface area (Å²) in [4.78, 5) is 16.7. The molecule has 0 spiro atoms. The number of rotatable bonds is 11. The fraction of sp³-hybridized carbons (Fsp3) is 0.500. The van der Waals surface area contributed by atoms with Crippen molar-refractivity contribution in [1.29, 1.82) is 0 Å². The highest BCUT2D eigenvalue weighted by molar-refractivity contribution is 7.09. The van der Waals surface area contributed by atoms with E-state index in [4.69, 9.17) is 19.6 Å². The molecule has 0 amide bonds. The van der Waals surface area contributed by atoms with Crippen molar-refractivity contribution in [2.24, 2.45) is 0 Å². The van der Waals surface area contributed by atoms with Crippen molar-refractivity contribution < 1.29 is 19.4 Å². The van der Waals surface area contributed by atoms with Crippen molar-refractivity contribution in [2.75, 3.05) is 20.3 Å². The van der Waals surface area contributed by atoms with Crippen LogP contribution in [0.2, 0.25) is 0 Å². The Balaban J connectivity index is 2.08. The first kappa shape index (κ1) is 20.4. The topological polar surface area (TPSA) is 68.7 Å². The van der Waals surface area contributed by atoms with E-state index in [9.17, 15) is 4.79 Å². The molecule has 0 aliphatic heterocycles. The molecule has 0 radical (unpaired) electrons. The Morgan fingerprint density at radius 2 is 2.04 bits per heavy atom. The number of nitrogens with zero attached hydrogens (tertiary/aromatic N) is 1. The molecule has 142 valence electrons. The zero-order valence-corrected chi connectivity index (χ0v) is 16.3. The Labute approximate surface area is 159 Å². The lowest BCUT2D eigenvalue weighted by atomic mass is 9.91. The summed E-state index contributed by atoms with van der Waals surface area (Å²) in [6, 6.07) is 7.82. The van der Waals surface area contributed by atoms with E-state index in [1.165, 1.54) is 0 Å². The number of ether oxygens (including phenoxy) is 2. The Hall–Kier alpha value is -1.92. The standard InChI is InChI=1S/C20H27NO4S/c1-3-25-20(23)13-16(15-7-9-18(24-2)10-8-15)12-17-14-26-19(21-17)6-4-5-11-22/h7-10,14,16,22H,3-6,11-13H2,1-2H3. The van der Waals surface area contributed by atoms with Crippen LogP contribution in [0.3, 0.4) is 0 Å². The van der Waals surface area contributed by atoms with Crippen LogP contribution in [0.15, 0.2) is 29.6 Å². The van der Waals surface area contributed by atoms with Crippen LogP contribution < -0.4 is 4.74 Å². The Kier molecular flexibility index (Phi) is 8.58. The third-order valence-electron chi connectivity index (χ3n) is 4.16. The minimum atomic E-state index is -0.188. The number of aliphatic hydroxyl groups is 1. The lowest BCUT2D eigenvalue weighted by molar-refractivity contribution is -0.143. The van der Waals surface area contributed by atoms with E-state index in [1.54, 1.807) is 18.4 Å². The molecule has 1 atom stereocenters. The summed E-state index contributed by atoms with van der Waals surface area (Å²) in [6.45, 7) is 2.43. The van der Waals surface area contributed by atoms with Crippen molar-refractivity contribution in [3.05, 3.63) is 45.9 Å². The normalized spacial score (nSPS) is 12.0. The van der Waals surface area contributed by atoms with Crippen LogP contribution in [0.4, 0.5) is 0 Å². The number of aromatic nitrogens is 1. The average Bonchev–Trinajstić information content (AvgIpc) is 3.09. The van der Waals surface area contributed by atoms with Crippen LogP contribution in [0.1, 0.15) is 48.4 Å². The maximum Gasteiger partial charge on any atom is 0.306 e. The third kappa shape index (κ3) is 6.42. The van der Waals surface area contributed by atoms with Gasteiger partial charge in [-0.05, 0) is 56.2 Å². The average molecular weight is 378 g/mol. The summed E-state index contributed by atoms with van der Waals surface area (Å²) in [6.07, 6.45) is 3.65. The summed E-state index contributed by atoms with van der Waals surface area (Å²) in [5.74, 6) is 0.627. The number of benzene rings is 1. The predicted molar refractivity (Wildman–Crippen MR) is 103 cm³/mol. The van der Waals surface area contributed by atoms with Crippen LogP contribution in [0.5, 0.6) is 5.75 Å². The van der Waals surface area contributed by atoms with Crippen molar-refractivity contribution in [3.63, 3.8) is 0 Å². The van der Waals surface area contributed by atoms with Gasteiger partial charge in [0, 0.05) is 12.0 Å². The lowest BCUT2D eigenvalue weighted by Gasteiger charge is -2.16. The van der Waals surface area contributed by atoms with Gasteiger partial charge in [-0.1, -0.05) is 12.1 Å². The quantitative estimate of drug-likeness (QED) is 0.477.